The average molecular weight is 270 g/mol. The number of nitrogen functional groups attached to an aromatic ring is 1. The number of benzene rings is 1. The summed E-state index contributed by atoms with van der Waals surface area (Å²) in [4.78, 5) is 12.1. The quantitative estimate of drug-likeness (QED) is 0.712. The zero-order valence-electron chi connectivity index (χ0n) is 10.1. The van der Waals surface area contributed by atoms with Crippen molar-refractivity contribution >= 4 is 17.3 Å². The minimum Gasteiger partial charge on any atom is -0.399 e. The van der Waals surface area contributed by atoms with Crippen molar-refractivity contribution in [3.05, 3.63) is 23.5 Å². The molecule has 1 spiro atoms. The summed E-state index contributed by atoms with van der Waals surface area (Å²) >= 11 is 0. The summed E-state index contributed by atoms with van der Waals surface area (Å²) in [5.41, 5.74) is 5.25. The van der Waals surface area contributed by atoms with Crippen LogP contribution in [0.2, 0.25) is 0 Å². The van der Waals surface area contributed by atoms with E-state index in [1.165, 1.54) is 6.07 Å². The van der Waals surface area contributed by atoms with Crippen LogP contribution in [0, 0.1) is 5.82 Å². The van der Waals surface area contributed by atoms with Crippen LogP contribution in [0.5, 0.6) is 0 Å². The van der Waals surface area contributed by atoms with Gasteiger partial charge in [0.05, 0.1) is 11.1 Å². The largest absolute Gasteiger partial charge is 0.399 e. The molecule has 19 heavy (non-hydrogen) atoms. The number of alkyl halides is 2. The standard InChI is InChI=1S/C13H13F3N2O/c14-9-6-7(17)5-8-10(9)18-11(19)12(8)1-3-13(15,16)4-2-12/h5-6H,1-4,17H2,(H,18,19). The molecule has 0 aromatic heterocycles. The summed E-state index contributed by atoms with van der Waals surface area (Å²) in [6, 6.07) is 2.63. The Labute approximate surface area is 108 Å². The van der Waals surface area contributed by atoms with Crippen LogP contribution in [-0.2, 0) is 10.2 Å². The van der Waals surface area contributed by atoms with Crippen LogP contribution in [0.1, 0.15) is 31.2 Å². The Hall–Kier alpha value is -1.72. The Kier molecular flexibility index (Phi) is 2.37. The van der Waals surface area contributed by atoms with Crippen molar-refractivity contribution in [2.24, 2.45) is 0 Å². The fourth-order valence-electron chi connectivity index (χ4n) is 3.03. The van der Waals surface area contributed by atoms with E-state index < -0.39 is 23.1 Å². The Balaban J connectivity index is 2.08. The lowest BCUT2D eigenvalue weighted by Gasteiger charge is -2.35. The number of nitrogens with one attached hydrogen (secondary N) is 1. The zero-order valence-corrected chi connectivity index (χ0v) is 10.1. The first-order chi connectivity index (χ1) is 8.84. The van der Waals surface area contributed by atoms with Crippen molar-refractivity contribution in [3.8, 4) is 0 Å². The van der Waals surface area contributed by atoms with Crippen LogP contribution in [0.25, 0.3) is 0 Å². The van der Waals surface area contributed by atoms with E-state index >= 15 is 0 Å². The van der Waals surface area contributed by atoms with E-state index in [1.54, 1.807) is 0 Å². The maximum Gasteiger partial charge on any atom is 0.248 e. The fourth-order valence-corrected chi connectivity index (χ4v) is 3.03. The summed E-state index contributed by atoms with van der Waals surface area (Å²) < 4.78 is 40.3. The normalized spacial score (nSPS) is 23.2. The van der Waals surface area contributed by atoms with Gasteiger partial charge in [0.15, 0.2) is 0 Å². The molecule has 2 aliphatic rings. The van der Waals surface area contributed by atoms with Gasteiger partial charge in [-0.1, -0.05) is 0 Å². The van der Waals surface area contributed by atoms with E-state index in [0.717, 1.165) is 6.07 Å². The van der Waals surface area contributed by atoms with Gasteiger partial charge in [0.2, 0.25) is 11.8 Å². The summed E-state index contributed by atoms with van der Waals surface area (Å²) in [5.74, 6) is -3.76. The molecule has 1 heterocycles. The molecule has 1 aromatic carbocycles. The van der Waals surface area contributed by atoms with Gasteiger partial charge < -0.3 is 11.1 Å². The van der Waals surface area contributed by atoms with E-state index in [9.17, 15) is 18.0 Å². The molecule has 0 radical (unpaired) electrons. The Morgan fingerprint density at radius 2 is 1.79 bits per heavy atom. The third-order valence-electron chi connectivity index (χ3n) is 4.14. The van der Waals surface area contributed by atoms with Crippen molar-refractivity contribution in [3.63, 3.8) is 0 Å². The molecule has 1 fully saturated rings. The molecule has 0 unspecified atom stereocenters. The summed E-state index contributed by atoms with van der Waals surface area (Å²) in [7, 11) is 0. The number of anilines is 2. The molecule has 6 heteroatoms. The topological polar surface area (TPSA) is 55.1 Å². The second kappa shape index (κ2) is 3.65. The number of carbonyl (C=O) groups is 1. The maximum absolute atomic E-state index is 13.8. The Morgan fingerprint density at radius 1 is 1.16 bits per heavy atom. The number of hydrogen-bond acceptors (Lipinski definition) is 2. The third-order valence-corrected chi connectivity index (χ3v) is 4.14. The first-order valence-corrected chi connectivity index (χ1v) is 6.13. The van der Waals surface area contributed by atoms with Gasteiger partial charge >= 0.3 is 0 Å². The van der Waals surface area contributed by atoms with Crippen LogP contribution in [0.15, 0.2) is 12.1 Å². The Morgan fingerprint density at radius 3 is 2.42 bits per heavy atom. The van der Waals surface area contributed by atoms with Crippen LogP contribution in [0.4, 0.5) is 24.5 Å². The highest BCUT2D eigenvalue weighted by molar-refractivity contribution is 6.06. The number of carbonyl (C=O) groups excluding carboxylic acids is 1. The van der Waals surface area contributed by atoms with Gasteiger partial charge in [0.1, 0.15) is 5.82 Å². The van der Waals surface area contributed by atoms with Crippen LogP contribution in [-0.4, -0.2) is 11.8 Å². The molecule has 0 bridgehead atoms. The molecular weight excluding hydrogens is 257 g/mol. The van der Waals surface area contributed by atoms with E-state index in [0.29, 0.717) is 5.56 Å². The van der Waals surface area contributed by atoms with Gasteiger partial charge in [0, 0.05) is 18.5 Å². The van der Waals surface area contributed by atoms with E-state index in [2.05, 4.69) is 5.32 Å². The number of amides is 1. The van der Waals surface area contributed by atoms with Crippen LogP contribution < -0.4 is 11.1 Å². The number of hydrogen-bond donors (Lipinski definition) is 2. The van der Waals surface area contributed by atoms with Gasteiger partial charge in [-0.3, -0.25) is 4.79 Å². The van der Waals surface area contributed by atoms with Crippen LogP contribution in [0.3, 0.4) is 0 Å². The van der Waals surface area contributed by atoms with Crippen LogP contribution >= 0.6 is 0 Å². The summed E-state index contributed by atoms with van der Waals surface area (Å²) in [6.07, 6.45) is -0.698. The van der Waals surface area contributed by atoms with Crippen molar-refractivity contribution in [2.75, 3.05) is 11.1 Å². The predicted octanol–water partition coefficient (Wildman–Crippen LogP) is 2.81. The number of nitrogens with two attached hydrogens (primary N) is 1. The van der Waals surface area contributed by atoms with Crippen molar-refractivity contribution < 1.29 is 18.0 Å². The van der Waals surface area contributed by atoms with E-state index in [1.807, 2.05) is 0 Å². The molecule has 3 nitrogen and oxygen atoms in total. The van der Waals surface area contributed by atoms with Crippen molar-refractivity contribution in [2.45, 2.75) is 37.0 Å². The minimum atomic E-state index is -2.74. The summed E-state index contributed by atoms with van der Waals surface area (Å²) in [6.45, 7) is 0. The fraction of sp³-hybridized carbons (Fsp3) is 0.462. The molecule has 1 aliphatic heterocycles. The SMILES string of the molecule is Nc1cc(F)c2c(c1)C1(CCC(F)(F)CC1)C(=O)N2. The lowest BCUT2D eigenvalue weighted by Crippen LogP contribution is -2.41. The zero-order chi connectivity index (χ0) is 13.8. The van der Waals surface area contributed by atoms with Gasteiger partial charge in [-0.2, -0.15) is 0 Å². The van der Waals surface area contributed by atoms with Crippen molar-refractivity contribution in [1.82, 2.24) is 0 Å². The molecule has 1 aromatic rings. The Bertz CT molecular complexity index is 561. The molecule has 1 aliphatic carbocycles. The average Bonchev–Trinajstić information content (AvgIpc) is 2.58. The van der Waals surface area contributed by atoms with Gasteiger partial charge in [0.25, 0.3) is 0 Å². The molecular formula is C13H13F3N2O. The first-order valence-electron chi connectivity index (χ1n) is 6.13. The molecule has 3 N–H and O–H groups in total. The number of fused-ring (bicyclic) bond motifs is 2. The highest BCUT2D eigenvalue weighted by Gasteiger charge is 2.53. The third kappa shape index (κ3) is 1.69. The molecule has 0 atom stereocenters. The smallest absolute Gasteiger partial charge is 0.248 e. The molecule has 0 saturated heterocycles. The summed E-state index contributed by atoms with van der Waals surface area (Å²) in [5, 5.41) is 2.47. The van der Waals surface area contributed by atoms with E-state index in [4.69, 9.17) is 5.73 Å². The lowest BCUT2D eigenvalue weighted by molar-refractivity contribution is -0.125. The second-order valence-electron chi connectivity index (χ2n) is 5.32. The molecule has 1 amide bonds. The molecule has 102 valence electrons. The highest BCUT2D eigenvalue weighted by atomic mass is 19.3. The highest BCUT2D eigenvalue weighted by Crippen LogP contribution is 2.51. The van der Waals surface area contributed by atoms with Gasteiger partial charge in [-0.15, -0.1) is 0 Å². The van der Waals surface area contributed by atoms with E-state index in [-0.39, 0.29) is 37.1 Å². The van der Waals surface area contributed by atoms with Crippen molar-refractivity contribution in [1.29, 1.82) is 0 Å². The number of halogens is 3. The molecule has 1 saturated carbocycles. The van der Waals surface area contributed by atoms with Gasteiger partial charge in [-0.05, 0) is 30.5 Å². The lowest BCUT2D eigenvalue weighted by atomic mass is 9.69. The molecule has 3 rings (SSSR count). The van der Waals surface area contributed by atoms with Gasteiger partial charge in [-0.25, -0.2) is 13.2 Å². The first kappa shape index (κ1) is 12.3. The number of rotatable bonds is 0. The predicted molar refractivity (Wildman–Crippen MR) is 64.5 cm³/mol. The second-order valence-corrected chi connectivity index (χ2v) is 5.32. The minimum absolute atomic E-state index is 0.0156. The monoisotopic (exact) mass is 270 g/mol. The maximum atomic E-state index is 13.8.